The molecule has 1 heterocycles. The molecular weight excluding hydrogens is 172 g/mol. The van der Waals surface area contributed by atoms with Gasteiger partial charge in [-0.25, -0.2) is 4.98 Å². The van der Waals surface area contributed by atoms with Crippen LogP contribution in [0.25, 0.3) is 11.0 Å². The molecule has 0 atom stereocenters. The highest BCUT2D eigenvalue weighted by atomic mass is 15.1. The molecule has 2 rings (SSSR count). The van der Waals surface area contributed by atoms with E-state index in [4.69, 9.17) is 0 Å². The summed E-state index contributed by atoms with van der Waals surface area (Å²) < 4.78 is 2.22. The number of imidazole rings is 1. The maximum absolute atomic E-state index is 4.45. The number of hydrogen-bond donors (Lipinski definition) is 0. The minimum absolute atomic E-state index is 0.992. The van der Waals surface area contributed by atoms with Crippen LogP contribution < -0.4 is 0 Å². The third kappa shape index (κ3) is 1.79. The lowest BCUT2D eigenvalue weighted by molar-refractivity contribution is 0.753. The zero-order chi connectivity index (χ0) is 10.6. The molecule has 2 nitrogen and oxygen atoms in total. The Hall–Kier alpha value is -1.31. The number of benzene rings is 1. The van der Waals surface area contributed by atoms with Gasteiger partial charge in [0.05, 0.1) is 11.0 Å². The Bertz CT molecular complexity index is 402. The molecule has 0 fully saturated rings. The number of nitrogens with zero attached hydrogens (tertiary/aromatic N) is 2. The summed E-state index contributed by atoms with van der Waals surface area (Å²) in [6.07, 6.45) is 0. The first-order valence-electron chi connectivity index (χ1n) is 5.25. The summed E-state index contributed by atoms with van der Waals surface area (Å²) in [6, 6.07) is 8.23. The average Bonchev–Trinajstić information content (AvgIpc) is 2.56. The van der Waals surface area contributed by atoms with E-state index in [-0.39, 0.29) is 0 Å². The molecule has 0 saturated carbocycles. The Labute approximate surface area is 85.6 Å². The largest absolute Gasteiger partial charge is 0.329 e. The molecule has 0 radical (unpaired) electrons. The van der Waals surface area contributed by atoms with Gasteiger partial charge < -0.3 is 4.57 Å². The third-order valence-corrected chi connectivity index (χ3v) is 2.16. The van der Waals surface area contributed by atoms with Gasteiger partial charge in [-0.15, -0.1) is 0 Å². The Morgan fingerprint density at radius 3 is 2.50 bits per heavy atom. The van der Waals surface area contributed by atoms with Crippen LogP contribution in [0.3, 0.4) is 0 Å². The highest BCUT2D eigenvalue weighted by molar-refractivity contribution is 5.75. The van der Waals surface area contributed by atoms with Crippen molar-refractivity contribution in [1.82, 2.24) is 9.55 Å². The first kappa shape index (κ1) is 10.8. The van der Waals surface area contributed by atoms with Crippen LogP contribution >= 0.6 is 0 Å². The van der Waals surface area contributed by atoms with Crippen molar-refractivity contribution < 1.29 is 0 Å². The normalized spacial score (nSPS) is 9.71. The van der Waals surface area contributed by atoms with E-state index in [1.807, 2.05) is 26.8 Å². The Balaban J connectivity index is 0.000000461. The number of fused-ring (bicyclic) bond motifs is 1. The van der Waals surface area contributed by atoms with Crippen molar-refractivity contribution in [3.8, 4) is 0 Å². The first-order chi connectivity index (χ1) is 6.83. The Morgan fingerprint density at radius 2 is 1.86 bits per heavy atom. The van der Waals surface area contributed by atoms with E-state index >= 15 is 0 Å². The number of aromatic nitrogens is 2. The van der Waals surface area contributed by atoms with Crippen LogP contribution in [-0.4, -0.2) is 9.55 Å². The summed E-state index contributed by atoms with van der Waals surface area (Å²) in [5.74, 6) is 1.10. The second-order valence-electron chi connectivity index (χ2n) is 2.89. The molecule has 0 unspecified atom stereocenters. The zero-order valence-corrected chi connectivity index (χ0v) is 9.41. The molecule has 76 valence electrons. The van der Waals surface area contributed by atoms with Gasteiger partial charge in [0.2, 0.25) is 0 Å². The van der Waals surface area contributed by atoms with E-state index in [1.165, 1.54) is 5.52 Å². The van der Waals surface area contributed by atoms with Crippen LogP contribution in [0.15, 0.2) is 24.3 Å². The van der Waals surface area contributed by atoms with E-state index < -0.39 is 0 Å². The van der Waals surface area contributed by atoms with Crippen LogP contribution in [0.2, 0.25) is 0 Å². The number of hydrogen-bond acceptors (Lipinski definition) is 1. The second-order valence-corrected chi connectivity index (χ2v) is 2.89. The molecule has 2 heteroatoms. The number of rotatable bonds is 1. The van der Waals surface area contributed by atoms with Gasteiger partial charge in [-0.2, -0.15) is 0 Å². The van der Waals surface area contributed by atoms with E-state index in [0.717, 1.165) is 17.9 Å². The van der Waals surface area contributed by atoms with Crippen LogP contribution in [0.1, 0.15) is 26.6 Å². The number of para-hydroxylation sites is 2. The lowest BCUT2D eigenvalue weighted by atomic mass is 10.3. The van der Waals surface area contributed by atoms with Crippen molar-refractivity contribution >= 4 is 11.0 Å². The van der Waals surface area contributed by atoms with Crippen molar-refractivity contribution in [1.29, 1.82) is 0 Å². The average molecular weight is 190 g/mol. The third-order valence-electron chi connectivity index (χ3n) is 2.16. The molecule has 0 amide bonds. The fraction of sp³-hybridized carbons (Fsp3) is 0.417. The maximum Gasteiger partial charge on any atom is 0.106 e. The van der Waals surface area contributed by atoms with Gasteiger partial charge in [0.15, 0.2) is 0 Å². The highest BCUT2D eigenvalue weighted by Gasteiger charge is 2.02. The lowest BCUT2D eigenvalue weighted by Crippen LogP contribution is -1.95. The topological polar surface area (TPSA) is 17.8 Å². The smallest absolute Gasteiger partial charge is 0.106 e. The van der Waals surface area contributed by atoms with Gasteiger partial charge >= 0.3 is 0 Å². The van der Waals surface area contributed by atoms with E-state index in [9.17, 15) is 0 Å². The monoisotopic (exact) mass is 190 g/mol. The molecule has 0 saturated heterocycles. The fourth-order valence-corrected chi connectivity index (χ4v) is 1.60. The first-order valence-corrected chi connectivity index (χ1v) is 5.25. The van der Waals surface area contributed by atoms with E-state index in [2.05, 4.69) is 34.7 Å². The summed E-state index contributed by atoms with van der Waals surface area (Å²) in [6.45, 7) is 9.18. The zero-order valence-electron chi connectivity index (χ0n) is 9.41. The minimum Gasteiger partial charge on any atom is -0.329 e. The molecule has 0 aliphatic heterocycles. The maximum atomic E-state index is 4.45. The van der Waals surface area contributed by atoms with E-state index in [1.54, 1.807) is 0 Å². The molecule has 0 N–H and O–H groups in total. The number of aryl methyl sites for hydroxylation is 2. The molecule has 2 aromatic rings. The highest BCUT2D eigenvalue weighted by Crippen LogP contribution is 2.14. The summed E-state index contributed by atoms with van der Waals surface area (Å²) >= 11 is 0. The van der Waals surface area contributed by atoms with Crippen LogP contribution in [0, 0.1) is 6.92 Å². The van der Waals surface area contributed by atoms with Crippen LogP contribution in [0.4, 0.5) is 0 Å². The predicted octanol–water partition coefficient (Wildman–Crippen LogP) is 3.39. The van der Waals surface area contributed by atoms with Gasteiger partial charge in [-0.1, -0.05) is 26.0 Å². The summed E-state index contributed by atoms with van der Waals surface area (Å²) in [5.41, 5.74) is 2.33. The van der Waals surface area contributed by atoms with Gasteiger partial charge in [0, 0.05) is 6.54 Å². The van der Waals surface area contributed by atoms with Gasteiger partial charge in [-0.05, 0) is 26.0 Å². The lowest BCUT2D eigenvalue weighted by Gasteiger charge is -2.00. The van der Waals surface area contributed by atoms with Gasteiger partial charge in [0.25, 0.3) is 0 Å². The van der Waals surface area contributed by atoms with Crippen molar-refractivity contribution in [2.24, 2.45) is 0 Å². The van der Waals surface area contributed by atoms with Crippen LogP contribution in [-0.2, 0) is 6.54 Å². The molecule has 0 aliphatic rings. The van der Waals surface area contributed by atoms with Crippen LogP contribution in [0.5, 0.6) is 0 Å². The Kier molecular flexibility index (Phi) is 3.69. The predicted molar refractivity (Wildman–Crippen MR) is 61.5 cm³/mol. The quantitative estimate of drug-likeness (QED) is 0.674. The standard InChI is InChI=1S/C10H12N2.C2H6/c1-3-12-8(2)11-9-6-4-5-7-10(9)12;1-2/h4-7H,3H2,1-2H3;1-2H3. The molecular formula is C12H18N2. The molecule has 0 spiro atoms. The molecule has 0 aliphatic carbocycles. The minimum atomic E-state index is 0.992. The SMILES string of the molecule is CC.CCn1c(C)nc2ccccc21. The van der Waals surface area contributed by atoms with Gasteiger partial charge in [-0.3, -0.25) is 0 Å². The fourth-order valence-electron chi connectivity index (χ4n) is 1.60. The van der Waals surface area contributed by atoms with Crippen molar-refractivity contribution in [2.45, 2.75) is 34.2 Å². The Morgan fingerprint density at radius 1 is 1.21 bits per heavy atom. The molecule has 1 aromatic heterocycles. The molecule has 0 bridgehead atoms. The summed E-state index contributed by atoms with van der Waals surface area (Å²) in [7, 11) is 0. The van der Waals surface area contributed by atoms with Gasteiger partial charge in [0.1, 0.15) is 5.82 Å². The van der Waals surface area contributed by atoms with Crippen molar-refractivity contribution in [3.05, 3.63) is 30.1 Å². The van der Waals surface area contributed by atoms with Crippen molar-refractivity contribution in [3.63, 3.8) is 0 Å². The van der Waals surface area contributed by atoms with E-state index in [0.29, 0.717) is 0 Å². The summed E-state index contributed by atoms with van der Waals surface area (Å²) in [5, 5.41) is 0. The molecule has 1 aromatic carbocycles. The summed E-state index contributed by atoms with van der Waals surface area (Å²) in [4.78, 5) is 4.45. The molecule has 14 heavy (non-hydrogen) atoms. The van der Waals surface area contributed by atoms with Crippen molar-refractivity contribution in [2.75, 3.05) is 0 Å². The second kappa shape index (κ2) is 4.80.